The van der Waals surface area contributed by atoms with Gasteiger partial charge in [0.05, 0.1) is 6.04 Å². The molecule has 1 unspecified atom stereocenters. The smallest absolute Gasteiger partial charge is 0.258 e. The van der Waals surface area contributed by atoms with Crippen molar-refractivity contribution in [2.45, 2.75) is 26.3 Å². The molecule has 2 aromatic carbocycles. The van der Waals surface area contributed by atoms with Crippen LogP contribution in [0, 0.1) is 0 Å². The predicted molar refractivity (Wildman–Crippen MR) is 99.0 cm³/mol. The lowest BCUT2D eigenvalue weighted by molar-refractivity contribution is -0.128. The number of hydrogen-bond acceptors (Lipinski definition) is 4. The summed E-state index contributed by atoms with van der Waals surface area (Å²) in [5, 5.41) is 5.35. The highest BCUT2D eigenvalue weighted by atomic mass is 16.5. The molecule has 0 aliphatic heterocycles. The molecule has 0 fully saturated rings. The van der Waals surface area contributed by atoms with E-state index >= 15 is 0 Å². The fourth-order valence-corrected chi connectivity index (χ4v) is 2.37. The van der Waals surface area contributed by atoms with Gasteiger partial charge in [0.1, 0.15) is 5.75 Å². The third-order valence-corrected chi connectivity index (χ3v) is 3.65. The summed E-state index contributed by atoms with van der Waals surface area (Å²) >= 11 is 0. The molecule has 6 nitrogen and oxygen atoms in total. The van der Waals surface area contributed by atoms with Crippen LogP contribution < -0.4 is 15.4 Å². The Labute approximate surface area is 152 Å². The van der Waals surface area contributed by atoms with Gasteiger partial charge in [0, 0.05) is 12.6 Å². The number of amides is 2. The van der Waals surface area contributed by atoms with E-state index in [1.54, 1.807) is 24.3 Å². The third-order valence-electron chi connectivity index (χ3n) is 3.65. The van der Waals surface area contributed by atoms with Crippen molar-refractivity contribution in [1.29, 1.82) is 0 Å². The Bertz CT molecular complexity index is 757. The summed E-state index contributed by atoms with van der Waals surface area (Å²) in [6.45, 7) is 2.68. The minimum Gasteiger partial charge on any atom is -0.484 e. The van der Waals surface area contributed by atoms with Gasteiger partial charge in [-0.05, 0) is 43.2 Å². The average Bonchev–Trinajstić information content (AvgIpc) is 2.61. The molecular weight excluding hydrogens is 332 g/mol. The maximum absolute atomic E-state index is 12.1. The predicted octanol–water partition coefficient (Wildman–Crippen LogP) is 2.34. The Kier molecular flexibility index (Phi) is 6.91. The fourth-order valence-electron chi connectivity index (χ4n) is 2.37. The number of rotatable bonds is 8. The number of carbonyl (C=O) groups is 3. The number of benzene rings is 2. The molecule has 2 aromatic rings. The zero-order valence-corrected chi connectivity index (χ0v) is 14.8. The van der Waals surface area contributed by atoms with Crippen molar-refractivity contribution in [3.63, 3.8) is 0 Å². The third kappa shape index (κ3) is 6.39. The molecule has 0 saturated heterocycles. The van der Waals surface area contributed by atoms with E-state index in [1.165, 1.54) is 13.8 Å². The lowest BCUT2D eigenvalue weighted by Gasteiger charge is -2.16. The molecular formula is C20H22N2O4. The quantitative estimate of drug-likeness (QED) is 0.762. The van der Waals surface area contributed by atoms with E-state index in [0.29, 0.717) is 17.9 Å². The van der Waals surface area contributed by atoms with Crippen molar-refractivity contribution >= 4 is 23.3 Å². The monoisotopic (exact) mass is 354 g/mol. The van der Waals surface area contributed by atoms with Crippen LogP contribution in [-0.2, 0) is 20.8 Å². The van der Waals surface area contributed by atoms with Gasteiger partial charge in [-0.1, -0.05) is 30.3 Å². The average molecular weight is 354 g/mol. The highest BCUT2D eigenvalue weighted by Crippen LogP contribution is 2.15. The van der Waals surface area contributed by atoms with Crippen molar-refractivity contribution < 1.29 is 19.1 Å². The van der Waals surface area contributed by atoms with E-state index in [4.69, 9.17) is 4.74 Å². The summed E-state index contributed by atoms with van der Waals surface area (Å²) in [5.41, 5.74) is 1.62. The van der Waals surface area contributed by atoms with Gasteiger partial charge in [-0.2, -0.15) is 0 Å². The normalized spacial score (nSPS) is 11.3. The van der Waals surface area contributed by atoms with E-state index in [9.17, 15) is 14.4 Å². The zero-order valence-electron chi connectivity index (χ0n) is 14.8. The van der Waals surface area contributed by atoms with E-state index in [2.05, 4.69) is 10.6 Å². The van der Waals surface area contributed by atoms with Crippen molar-refractivity contribution in [3.05, 3.63) is 60.2 Å². The first-order valence-electron chi connectivity index (χ1n) is 8.28. The van der Waals surface area contributed by atoms with Gasteiger partial charge in [-0.15, -0.1) is 0 Å². The van der Waals surface area contributed by atoms with Gasteiger partial charge in [-0.25, -0.2) is 0 Å². The first kappa shape index (κ1) is 19.2. The Morgan fingerprint density at radius 1 is 0.962 bits per heavy atom. The maximum atomic E-state index is 12.1. The Hall–Kier alpha value is -3.15. The second-order valence-electron chi connectivity index (χ2n) is 5.91. The SMILES string of the molecule is CC(=O)Nc1ccc(OCC(=O)NC(Cc2ccccc2)C(C)=O)cc1. The molecule has 2 amide bonds. The van der Waals surface area contributed by atoms with Crippen molar-refractivity contribution in [3.8, 4) is 5.75 Å². The van der Waals surface area contributed by atoms with Gasteiger partial charge in [0.15, 0.2) is 12.4 Å². The van der Waals surface area contributed by atoms with Crippen molar-refractivity contribution in [2.75, 3.05) is 11.9 Å². The Morgan fingerprint density at radius 3 is 2.19 bits per heavy atom. The molecule has 1 atom stereocenters. The van der Waals surface area contributed by atoms with Crippen LogP contribution >= 0.6 is 0 Å². The van der Waals surface area contributed by atoms with Crippen LogP contribution in [0.3, 0.4) is 0 Å². The van der Waals surface area contributed by atoms with Crippen LogP contribution in [-0.4, -0.2) is 30.2 Å². The number of nitrogens with one attached hydrogen (secondary N) is 2. The molecule has 6 heteroatoms. The first-order valence-corrected chi connectivity index (χ1v) is 8.28. The lowest BCUT2D eigenvalue weighted by Crippen LogP contribution is -2.43. The van der Waals surface area contributed by atoms with Crippen LogP contribution in [0.5, 0.6) is 5.75 Å². The van der Waals surface area contributed by atoms with Gasteiger partial charge < -0.3 is 15.4 Å². The Balaban J connectivity index is 1.86. The molecule has 0 radical (unpaired) electrons. The summed E-state index contributed by atoms with van der Waals surface area (Å²) in [6, 6.07) is 15.6. The molecule has 0 aliphatic rings. The molecule has 136 valence electrons. The summed E-state index contributed by atoms with van der Waals surface area (Å²) < 4.78 is 5.42. The van der Waals surface area contributed by atoms with Crippen LogP contribution in [0.25, 0.3) is 0 Å². The van der Waals surface area contributed by atoms with Crippen LogP contribution in [0.4, 0.5) is 5.69 Å². The van der Waals surface area contributed by atoms with Crippen molar-refractivity contribution in [1.82, 2.24) is 5.32 Å². The summed E-state index contributed by atoms with van der Waals surface area (Å²) in [6.07, 6.45) is 0.438. The minimum atomic E-state index is -0.587. The highest BCUT2D eigenvalue weighted by molar-refractivity contribution is 5.89. The molecule has 0 spiro atoms. The van der Waals surface area contributed by atoms with Gasteiger partial charge in [0.2, 0.25) is 5.91 Å². The number of Topliss-reactive ketones (excluding diaryl/α,β-unsaturated/α-hetero) is 1. The molecule has 26 heavy (non-hydrogen) atoms. The van der Waals surface area contributed by atoms with Crippen molar-refractivity contribution in [2.24, 2.45) is 0 Å². The van der Waals surface area contributed by atoms with E-state index < -0.39 is 6.04 Å². The topological polar surface area (TPSA) is 84.5 Å². The van der Waals surface area contributed by atoms with E-state index in [-0.39, 0.29) is 24.2 Å². The van der Waals surface area contributed by atoms with E-state index in [0.717, 1.165) is 5.56 Å². The fraction of sp³-hybridized carbons (Fsp3) is 0.250. The highest BCUT2D eigenvalue weighted by Gasteiger charge is 2.17. The molecule has 2 rings (SSSR count). The van der Waals surface area contributed by atoms with Gasteiger partial charge >= 0.3 is 0 Å². The molecule has 0 heterocycles. The summed E-state index contributed by atoms with van der Waals surface area (Å²) in [7, 11) is 0. The summed E-state index contributed by atoms with van der Waals surface area (Å²) in [4.78, 5) is 34.9. The number of hydrogen-bond donors (Lipinski definition) is 2. The van der Waals surface area contributed by atoms with E-state index in [1.807, 2.05) is 30.3 Å². The zero-order chi connectivity index (χ0) is 18.9. The van der Waals surface area contributed by atoms with Crippen LogP contribution in [0.1, 0.15) is 19.4 Å². The lowest BCUT2D eigenvalue weighted by atomic mass is 10.0. The van der Waals surface area contributed by atoms with Crippen LogP contribution in [0.15, 0.2) is 54.6 Å². The molecule has 0 saturated carbocycles. The minimum absolute atomic E-state index is 0.109. The number of ketones is 1. The van der Waals surface area contributed by atoms with Gasteiger partial charge in [0.25, 0.3) is 5.91 Å². The standard InChI is InChI=1S/C20H22N2O4/c1-14(23)19(12-16-6-4-3-5-7-16)22-20(25)13-26-18-10-8-17(9-11-18)21-15(2)24/h3-11,19H,12-13H2,1-2H3,(H,21,24)(H,22,25). The number of anilines is 1. The van der Waals surface area contributed by atoms with Gasteiger partial charge in [-0.3, -0.25) is 14.4 Å². The second kappa shape index (κ2) is 9.36. The first-order chi connectivity index (χ1) is 12.4. The maximum Gasteiger partial charge on any atom is 0.258 e. The van der Waals surface area contributed by atoms with Crippen LogP contribution in [0.2, 0.25) is 0 Å². The summed E-state index contributed by atoms with van der Waals surface area (Å²) in [5.74, 6) is -0.141. The number of carbonyl (C=O) groups excluding carboxylic acids is 3. The largest absolute Gasteiger partial charge is 0.484 e. The number of ether oxygens (including phenoxy) is 1. The second-order valence-corrected chi connectivity index (χ2v) is 5.91. The molecule has 0 aliphatic carbocycles. The molecule has 0 aromatic heterocycles. The Morgan fingerprint density at radius 2 is 1.62 bits per heavy atom. The molecule has 2 N–H and O–H groups in total. The molecule has 0 bridgehead atoms.